The summed E-state index contributed by atoms with van der Waals surface area (Å²) in [7, 11) is 1.59. The number of imidazole rings is 1. The minimum atomic E-state index is -0.830. The lowest BCUT2D eigenvalue weighted by Crippen LogP contribution is -2.41. The normalized spacial score (nSPS) is 19.4. The molecule has 3 rings (SSSR count). The van der Waals surface area contributed by atoms with Gasteiger partial charge in [0.1, 0.15) is 11.3 Å². The number of amides is 1. The number of nitriles is 1. The Bertz CT molecular complexity index is 938. The third-order valence-corrected chi connectivity index (χ3v) is 5.80. The molecule has 1 fully saturated rings. The molecule has 1 N–H and O–H groups in total. The lowest BCUT2D eigenvalue weighted by atomic mass is 9.81. The summed E-state index contributed by atoms with van der Waals surface area (Å²) in [6.07, 6.45) is 5.30. The van der Waals surface area contributed by atoms with Crippen LogP contribution in [0.3, 0.4) is 0 Å². The van der Waals surface area contributed by atoms with Crippen LogP contribution in [0.25, 0.3) is 11.0 Å². The molecule has 0 bridgehead atoms. The van der Waals surface area contributed by atoms with Crippen LogP contribution in [0.2, 0.25) is 0 Å². The maximum Gasteiger partial charge on any atom is 0.407 e. The van der Waals surface area contributed by atoms with Crippen molar-refractivity contribution in [1.82, 2.24) is 14.5 Å². The first-order chi connectivity index (χ1) is 14.2. The van der Waals surface area contributed by atoms with Crippen molar-refractivity contribution in [2.45, 2.75) is 53.0 Å². The lowest BCUT2D eigenvalue weighted by Gasteiger charge is -2.35. The minimum Gasteiger partial charge on any atom is -0.494 e. The van der Waals surface area contributed by atoms with E-state index in [1.54, 1.807) is 18.1 Å². The lowest BCUT2D eigenvalue weighted by molar-refractivity contribution is 0.104. The fraction of sp³-hybridized carbons (Fsp3) is 0.609. The fourth-order valence-electron chi connectivity index (χ4n) is 4.60. The van der Waals surface area contributed by atoms with E-state index in [4.69, 9.17) is 4.74 Å². The highest BCUT2D eigenvalue weighted by Gasteiger charge is 2.28. The number of methoxy groups -OCH3 is 1. The maximum absolute atomic E-state index is 11.7. The number of aromatic nitrogens is 2. The van der Waals surface area contributed by atoms with Crippen LogP contribution in [0, 0.1) is 28.6 Å². The molecule has 2 aromatic rings. The van der Waals surface area contributed by atoms with E-state index < -0.39 is 6.09 Å². The Kier molecular flexibility index (Phi) is 6.55. The van der Waals surface area contributed by atoms with Gasteiger partial charge < -0.3 is 19.3 Å². The van der Waals surface area contributed by atoms with E-state index in [-0.39, 0.29) is 5.41 Å². The van der Waals surface area contributed by atoms with E-state index in [9.17, 15) is 15.2 Å². The minimum absolute atomic E-state index is 0.0559. The molecule has 0 spiro atoms. The number of rotatable bonds is 6. The molecule has 1 aliphatic rings. The van der Waals surface area contributed by atoms with Crippen LogP contribution >= 0.6 is 0 Å². The average Bonchev–Trinajstić information content (AvgIpc) is 3.08. The van der Waals surface area contributed by atoms with Gasteiger partial charge in [0, 0.05) is 25.7 Å². The number of fused-ring (bicyclic) bond motifs is 1. The quantitative estimate of drug-likeness (QED) is 0.739. The Morgan fingerprint density at radius 3 is 2.73 bits per heavy atom. The first-order valence-electron chi connectivity index (χ1n) is 10.6. The molecule has 0 aliphatic heterocycles. The van der Waals surface area contributed by atoms with Gasteiger partial charge in [0.15, 0.2) is 0 Å². The molecule has 1 saturated carbocycles. The van der Waals surface area contributed by atoms with E-state index in [0.717, 1.165) is 43.3 Å². The molecule has 1 amide bonds. The highest BCUT2D eigenvalue weighted by Crippen LogP contribution is 2.33. The molecular weight excluding hydrogens is 380 g/mol. The van der Waals surface area contributed by atoms with Gasteiger partial charge in [-0.3, -0.25) is 0 Å². The topological polar surface area (TPSA) is 91.4 Å². The second kappa shape index (κ2) is 8.95. The third-order valence-electron chi connectivity index (χ3n) is 5.80. The van der Waals surface area contributed by atoms with Gasteiger partial charge >= 0.3 is 6.09 Å². The summed E-state index contributed by atoms with van der Waals surface area (Å²) >= 11 is 0. The first kappa shape index (κ1) is 21.9. The summed E-state index contributed by atoms with van der Waals surface area (Å²) in [6.45, 7) is 8.17. The Labute approximate surface area is 178 Å². The van der Waals surface area contributed by atoms with Crippen LogP contribution in [0.4, 0.5) is 4.79 Å². The largest absolute Gasteiger partial charge is 0.494 e. The second-order valence-electron chi connectivity index (χ2n) is 9.68. The van der Waals surface area contributed by atoms with Crippen LogP contribution in [0.15, 0.2) is 18.5 Å². The van der Waals surface area contributed by atoms with Crippen LogP contribution in [0.5, 0.6) is 5.75 Å². The zero-order chi connectivity index (χ0) is 21.9. The molecule has 7 heteroatoms. The van der Waals surface area contributed by atoms with Crippen LogP contribution in [0.1, 0.15) is 52.0 Å². The number of hydrogen-bond donors (Lipinski definition) is 1. The molecule has 1 heterocycles. The van der Waals surface area contributed by atoms with E-state index in [1.165, 1.54) is 0 Å². The zero-order valence-corrected chi connectivity index (χ0v) is 18.4. The van der Waals surface area contributed by atoms with Crippen LogP contribution in [-0.2, 0) is 6.54 Å². The van der Waals surface area contributed by atoms with Gasteiger partial charge in [-0.1, -0.05) is 27.2 Å². The number of hydrogen-bond acceptors (Lipinski definition) is 4. The van der Waals surface area contributed by atoms with Crippen LogP contribution < -0.4 is 4.74 Å². The molecular formula is C23H32N4O3. The predicted octanol–water partition coefficient (Wildman–Crippen LogP) is 4.75. The van der Waals surface area contributed by atoms with Gasteiger partial charge in [-0.15, -0.1) is 0 Å². The zero-order valence-electron chi connectivity index (χ0n) is 18.4. The van der Waals surface area contributed by atoms with Gasteiger partial charge in [-0.25, -0.2) is 9.78 Å². The van der Waals surface area contributed by atoms with Gasteiger partial charge in [0.25, 0.3) is 0 Å². The molecule has 30 heavy (non-hydrogen) atoms. The molecule has 2 unspecified atom stereocenters. The average molecular weight is 413 g/mol. The molecule has 0 saturated heterocycles. The summed E-state index contributed by atoms with van der Waals surface area (Å²) in [5, 5.41) is 19.0. The van der Waals surface area contributed by atoms with Crippen molar-refractivity contribution in [3.8, 4) is 11.8 Å². The van der Waals surface area contributed by atoms with E-state index in [2.05, 4.69) is 36.4 Å². The Hall–Kier alpha value is -2.75. The summed E-state index contributed by atoms with van der Waals surface area (Å²) in [4.78, 5) is 17.8. The van der Waals surface area contributed by atoms with Crippen molar-refractivity contribution in [3.05, 3.63) is 24.0 Å². The fourth-order valence-corrected chi connectivity index (χ4v) is 4.60. The highest BCUT2D eigenvalue weighted by atomic mass is 16.5. The summed E-state index contributed by atoms with van der Waals surface area (Å²) in [5.41, 5.74) is 2.18. The molecule has 162 valence electrons. The maximum atomic E-state index is 11.7. The smallest absolute Gasteiger partial charge is 0.407 e. The molecule has 0 radical (unpaired) electrons. The van der Waals surface area contributed by atoms with Crippen molar-refractivity contribution in [2.75, 3.05) is 20.2 Å². The van der Waals surface area contributed by atoms with E-state index in [0.29, 0.717) is 36.2 Å². The van der Waals surface area contributed by atoms with Crippen LogP contribution in [-0.4, -0.2) is 45.9 Å². The molecule has 1 aromatic carbocycles. The van der Waals surface area contributed by atoms with Gasteiger partial charge in [0.05, 0.1) is 30.6 Å². The molecule has 1 aliphatic carbocycles. The number of benzene rings is 1. The number of ether oxygens (including phenoxy) is 1. The highest BCUT2D eigenvalue weighted by molar-refractivity contribution is 5.83. The summed E-state index contributed by atoms with van der Waals surface area (Å²) in [6, 6.07) is 5.77. The standard InChI is InChI=1S/C23H32N4O3/c1-23(2,3)14-26(22(28)29)12-16-6-5-7-17(8-16)13-27-15-25-21-19(27)9-18(11-24)10-20(21)30-4/h9-10,15-17H,5-8,12-14H2,1-4H3,(H,28,29). The Balaban J connectivity index is 1.72. The van der Waals surface area contributed by atoms with Gasteiger partial charge in [-0.2, -0.15) is 5.26 Å². The summed E-state index contributed by atoms with van der Waals surface area (Å²) < 4.78 is 7.52. The van der Waals surface area contributed by atoms with Crippen molar-refractivity contribution < 1.29 is 14.6 Å². The molecule has 7 nitrogen and oxygen atoms in total. The number of nitrogens with zero attached hydrogens (tertiary/aromatic N) is 4. The number of carbonyl (C=O) groups is 1. The first-order valence-corrected chi connectivity index (χ1v) is 10.6. The number of carboxylic acid groups (broad SMARTS) is 1. The molecule has 1 aromatic heterocycles. The predicted molar refractivity (Wildman–Crippen MR) is 116 cm³/mol. The van der Waals surface area contributed by atoms with Gasteiger partial charge in [-0.05, 0) is 42.6 Å². The Morgan fingerprint density at radius 2 is 2.10 bits per heavy atom. The third kappa shape index (κ3) is 5.24. The van der Waals surface area contributed by atoms with E-state index in [1.807, 2.05) is 12.4 Å². The summed E-state index contributed by atoms with van der Waals surface area (Å²) in [5.74, 6) is 1.45. The monoisotopic (exact) mass is 412 g/mol. The van der Waals surface area contributed by atoms with Crippen molar-refractivity contribution >= 4 is 17.1 Å². The van der Waals surface area contributed by atoms with E-state index >= 15 is 0 Å². The second-order valence-corrected chi connectivity index (χ2v) is 9.68. The Morgan fingerprint density at radius 1 is 1.37 bits per heavy atom. The van der Waals surface area contributed by atoms with Crippen molar-refractivity contribution in [3.63, 3.8) is 0 Å². The van der Waals surface area contributed by atoms with Crippen molar-refractivity contribution in [2.24, 2.45) is 17.3 Å². The molecule has 2 atom stereocenters. The van der Waals surface area contributed by atoms with Gasteiger partial charge in [0.2, 0.25) is 0 Å². The SMILES string of the molecule is COc1cc(C#N)cc2c1ncn2CC1CCCC(CN(CC(C)(C)C)C(=O)O)C1. The van der Waals surface area contributed by atoms with Crippen molar-refractivity contribution in [1.29, 1.82) is 5.26 Å².